The van der Waals surface area contributed by atoms with Crippen molar-refractivity contribution in [2.75, 3.05) is 0 Å². The molecule has 0 fully saturated rings. The van der Waals surface area contributed by atoms with Crippen LogP contribution in [0.5, 0.6) is 0 Å². The molecule has 1 heterocycles. The second kappa shape index (κ2) is 7.75. The number of hydrogen-bond acceptors (Lipinski definition) is 3. The van der Waals surface area contributed by atoms with Gasteiger partial charge in [-0.1, -0.05) is 33.4 Å². The summed E-state index contributed by atoms with van der Waals surface area (Å²) in [6.07, 6.45) is 9.35. The minimum Gasteiger partial charge on any atom is -0.383 e. The Hall–Kier alpha value is -1.51. The van der Waals surface area contributed by atoms with Gasteiger partial charge >= 0.3 is 0 Å². The highest BCUT2D eigenvalue weighted by atomic mass is 14.9. The quantitative estimate of drug-likeness (QED) is 0.493. The van der Waals surface area contributed by atoms with Crippen LogP contribution < -0.4 is 10.6 Å². The van der Waals surface area contributed by atoms with Crippen LogP contribution in [0.15, 0.2) is 36.7 Å². The van der Waals surface area contributed by atoms with Gasteiger partial charge in [-0.2, -0.15) is 0 Å². The maximum Gasteiger partial charge on any atom is 0.0820 e. The van der Waals surface area contributed by atoms with E-state index in [1.54, 1.807) is 0 Å². The molecule has 3 N–H and O–H groups in total. The Labute approximate surface area is 112 Å². The van der Waals surface area contributed by atoms with Crippen molar-refractivity contribution >= 4 is 6.21 Å². The summed E-state index contributed by atoms with van der Waals surface area (Å²) in [5.74, 6) is 0.244. The molecule has 0 amide bonds. The van der Waals surface area contributed by atoms with Gasteiger partial charge in [0.05, 0.1) is 11.6 Å². The molecule has 3 nitrogen and oxygen atoms in total. The van der Waals surface area contributed by atoms with Crippen LogP contribution in [-0.2, 0) is 0 Å². The Morgan fingerprint density at radius 1 is 1.33 bits per heavy atom. The monoisotopic (exact) mass is 249 g/mol. The van der Waals surface area contributed by atoms with E-state index in [-0.39, 0.29) is 17.5 Å². The molecule has 0 aromatic carbocycles. The smallest absolute Gasteiger partial charge is 0.0820 e. The van der Waals surface area contributed by atoms with Crippen LogP contribution in [0, 0.1) is 11.3 Å². The number of nitrogens with one attached hydrogen (secondary N) is 3. The van der Waals surface area contributed by atoms with Gasteiger partial charge in [-0.15, -0.1) is 0 Å². The summed E-state index contributed by atoms with van der Waals surface area (Å²) in [6, 6.07) is -0.0928. The zero-order valence-electron chi connectivity index (χ0n) is 12.2. The molecule has 3 heteroatoms. The molecular weight excluding hydrogens is 222 g/mol. The van der Waals surface area contributed by atoms with E-state index in [2.05, 4.69) is 44.1 Å². The third kappa shape index (κ3) is 5.21. The SMILES string of the molecule is C=C1C(C)/C=C\NC(C)(C)/C=C\NC1C=N.CC. The van der Waals surface area contributed by atoms with E-state index in [4.69, 9.17) is 5.41 Å². The van der Waals surface area contributed by atoms with Crippen LogP contribution in [0.2, 0.25) is 0 Å². The Morgan fingerprint density at radius 2 is 1.94 bits per heavy atom. The average molecular weight is 249 g/mol. The Morgan fingerprint density at radius 3 is 2.50 bits per heavy atom. The fourth-order valence-corrected chi connectivity index (χ4v) is 1.48. The standard InChI is InChI=1S/C13H21N3.C2H6/c1-10-5-7-16-13(3,4)6-8-15-12(9-14)11(10)2;1-2/h5-10,12,14-16H,2H2,1,3-4H3;1-2H3/b7-5-,8-6-,14-9?;. The predicted molar refractivity (Wildman–Crippen MR) is 80.9 cm³/mol. The van der Waals surface area contributed by atoms with Crippen LogP contribution in [0.3, 0.4) is 0 Å². The van der Waals surface area contributed by atoms with Gasteiger partial charge in [0.1, 0.15) is 0 Å². The van der Waals surface area contributed by atoms with E-state index in [0.717, 1.165) is 5.57 Å². The van der Waals surface area contributed by atoms with Gasteiger partial charge < -0.3 is 16.0 Å². The summed E-state index contributed by atoms with van der Waals surface area (Å²) in [5.41, 5.74) is 0.909. The van der Waals surface area contributed by atoms with Gasteiger partial charge in [0, 0.05) is 6.21 Å². The molecule has 0 aliphatic carbocycles. The van der Waals surface area contributed by atoms with Crippen molar-refractivity contribution in [3.8, 4) is 0 Å². The second-order valence-corrected chi connectivity index (χ2v) is 4.73. The first kappa shape index (κ1) is 16.5. The van der Waals surface area contributed by atoms with Gasteiger partial charge in [-0.25, -0.2) is 0 Å². The van der Waals surface area contributed by atoms with Gasteiger partial charge in [0.25, 0.3) is 0 Å². The van der Waals surface area contributed by atoms with E-state index in [0.29, 0.717) is 0 Å². The highest BCUT2D eigenvalue weighted by Crippen LogP contribution is 2.15. The molecule has 1 rings (SSSR count). The minimum absolute atomic E-state index is 0.0888. The van der Waals surface area contributed by atoms with E-state index < -0.39 is 0 Å². The Bertz CT molecular complexity index is 327. The summed E-state index contributed by atoms with van der Waals surface area (Å²) < 4.78 is 0. The van der Waals surface area contributed by atoms with Crippen molar-refractivity contribution in [3.63, 3.8) is 0 Å². The fraction of sp³-hybridized carbons (Fsp3) is 0.533. The van der Waals surface area contributed by atoms with E-state index in [1.807, 2.05) is 32.3 Å². The fourth-order valence-electron chi connectivity index (χ4n) is 1.48. The summed E-state index contributed by atoms with van der Waals surface area (Å²) in [7, 11) is 0. The molecule has 1 aliphatic heterocycles. The molecule has 1 aliphatic rings. The van der Waals surface area contributed by atoms with Crippen molar-refractivity contribution < 1.29 is 0 Å². The zero-order valence-corrected chi connectivity index (χ0v) is 12.2. The third-order valence-electron chi connectivity index (χ3n) is 2.77. The maximum absolute atomic E-state index is 7.39. The van der Waals surface area contributed by atoms with Crippen LogP contribution in [0.4, 0.5) is 0 Å². The molecule has 0 aromatic heterocycles. The normalized spacial score (nSPS) is 29.7. The summed E-state index contributed by atoms with van der Waals surface area (Å²) >= 11 is 0. The first-order valence-corrected chi connectivity index (χ1v) is 6.53. The van der Waals surface area contributed by atoms with Crippen LogP contribution in [0.1, 0.15) is 34.6 Å². The van der Waals surface area contributed by atoms with Crippen LogP contribution in [-0.4, -0.2) is 17.8 Å². The van der Waals surface area contributed by atoms with Crippen LogP contribution >= 0.6 is 0 Å². The van der Waals surface area contributed by atoms with Crippen molar-refractivity contribution in [3.05, 3.63) is 36.7 Å². The van der Waals surface area contributed by atoms with Crippen molar-refractivity contribution in [2.45, 2.75) is 46.2 Å². The van der Waals surface area contributed by atoms with Crippen molar-refractivity contribution in [1.29, 1.82) is 5.41 Å². The van der Waals surface area contributed by atoms with E-state index in [9.17, 15) is 0 Å². The third-order valence-corrected chi connectivity index (χ3v) is 2.77. The number of hydrogen-bond donors (Lipinski definition) is 3. The molecule has 2 unspecified atom stereocenters. The van der Waals surface area contributed by atoms with Gasteiger partial charge in [0.15, 0.2) is 0 Å². The number of allylic oxidation sites excluding steroid dienone is 1. The van der Waals surface area contributed by atoms with Gasteiger partial charge in [-0.3, -0.25) is 0 Å². The molecule has 0 aromatic rings. The van der Waals surface area contributed by atoms with Crippen LogP contribution in [0.25, 0.3) is 0 Å². The summed E-state index contributed by atoms with van der Waals surface area (Å²) in [5, 5.41) is 13.9. The maximum atomic E-state index is 7.39. The molecule has 102 valence electrons. The molecule has 0 bridgehead atoms. The summed E-state index contributed by atoms with van der Waals surface area (Å²) in [6.45, 7) is 14.3. The molecule has 2 atom stereocenters. The molecule has 18 heavy (non-hydrogen) atoms. The Kier molecular flexibility index (Phi) is 7.10. The van der Waals surface area contributed by atoms with Crippen molar-refractivity contribution in [1.82, 2.24) is 10.6 Å². The predicted octanol–water partition coefficient (Wildman–Crippen LogP) is 3.22. The molecule has 0 spiro atoms. The lowest BCUT2D eigenvalue weighted by Gasteiger charge is -2.25. The van der Waals surface area contributed by atoms with E-state index in [1.165, 1.54) is 6.21 Å². The lowest BCUT2D eigenvalue weighted by Crippen LogP contribution is -2.36. The topological polar surface area (TPSA) is 47.9 Å². The molecule has 0 saturated heterocycles. The Balaban J connectivity index is 0.00000137. The second-order valence-electron chi connectivity index (χ2n) is 4.73. The van der Waals surface area contributed by atoms with Gasteiger partial charge in [0.2, 0.25) is 0 Å². The van der Waals surface area contributed by atoms with Gasteiger partial charge in [-0.05, 0) is 43.8 Å². The first-order chi connectivity index (χ1) is 8.46. The highest BCUT2D eigenvalue weighted by molar-refractivity contribution is 5.66. The lowest BCUT2D eigenvalue weighted by atomic mass is 9.95. The average Bonchev–Trinajstić information content (AvgIpc) is 2.35. The molecule has 0 radical (unpaired) electrons. The minimum atomic E-state index is -0.0928. The summed E-state index contributed by atoms with van der Waals surface area (Å²) in [4.78, 5) is 0. The first-order valence-electron chi connectivity index (χ1n) is 6.53. The van der Waals surface area contributed by atoms with E-state index >= 15 is 0 Å². The highest BCUT2D eigenvalue weighted by Gasteiger charge is 2.16. The largest absolute Gasteiger partial charge is 0.383 e. The lowest BCUT2D eigenvalue weighted by molar-refractivity contribution is 0.543. The molecular formula is C15H27N3. The number of rotatable bonds is 1. The zero-order chi connectivity index (χ0) is 14.2. The van der Waals surface area contributed by atoms with Crippen molar-refractivity contribution in [2.24, 2.45) is 5.92 Å². The molecule has 0 saturated carbocycles.